The molecule has 0 aromatic rings. The van der Waals surface area contributed by atoms with Gasteiger partial charge in [0.2, 0.25) is 11.8 Å². The second-order valence-corrected chi connectivity index (χ2v) is 6.54. The molecular weight excluding hydrogens is 266 g/mol. The first-order valence-electron chi connectivity index (χ1n) is 8.44. The molecule has 0 radical (unpaired) electrons. The molecule has 5 nitrogen and oxygen atoms in total. The number of piperidine rings is 1. The van der Waals surface area contributed by atoms with Crippen molar-refractivity contribution in [2.75, 3.05) is 13.1 Å². The van der Waals surface area contributed by atoms with E-state index >= 15 is 0 Å². The van der Waals surface area contributed by atoms with E-state index in [9.17, 15) is 9.59 Å². The molecule has 1 aliphatic heterocycles. The lowest BCUT2D eigenvalue weighted by molar-refractivity contribution is -0.127. The van der Waals surface area contributed by atoms with Gasteiger partial charge < -0.3 is 16.0 Å². The Bertz CT molecular complexity index is 353. The number of hydrogen-bond donors (Lipinski definition) is 3. The van der Waals surface area contributed by atoms with Crippen molar-refractivity contribution in [3.05, 3.63) is 0 Å². The summed E-state index contributed by atoms with van der Waals surface area (Å²) in [6, 6.07) is 0.488. The van der Waals surface area contributed by atoms with E-state index in [1.807, 2.05) is 0 Å². The molecule has 0 aromatic carbocycles. The normalized spacial score (nSPS) is 27.1. The van der Waals surface area contributed by atoms with Gasteiger partial charge in [0.05, 0.1) is 6.54 Å². The molecule has 2 unspecified atom stereocenters. The molecule has 1 saturated carbocycles. The second kappa shape index (κ2) is 8.37. The molecular formula is C16H29N3O2. The van der Waals surface area contributed by atoms with Gasteiger partial charge in [0.15, 0.2) is 0 Å². The van der Waals surface area contributed by atoms with E-state index in [1.54, 1.807) is 0 Å². The molecule has 0 spiro atoms. The third-order valence-corrected chi connectivity index (χ3v) is 4.75. The fourth-order valence-electron chi connectivity index (χ4n) is 3.40. The molecule has 3 N–H and O–H groups in total. The van der Waals surface area contributed by atoms with Gasteiger partial charge >= 0.3 is 0 Å². The molecule has 2 atom stereocenters. The number of carbonyl (C=O) groups is 2. The molecule has 2 fully saturated rings. The Morgan fingerprint density at radius 2 is 1.81 bits per heavy atom. The molecule has 1 heterocycles. The van der Waals surface area contributed by atoms with Crippen LogP contribution in [0, 0.1) is 5.92 Å². The molecule has 21 heavy (non-hydrogen) atoms. The van der Waals surface area contributed by atoms with Gasteiger partial charge in [-0.1, -0.05) is 19.3 Å². The Hall–Kier alpha value is -1.10. The standard InChI is InChI=1S/C16H29N3O2/c1-12-14(8-5-9-17-12)19-16(21)11-18-15(20)10-13-6-3-2-4-7-13/h12-14,17H,2-11H2,1H3,(H,18,20)(H,19,21). The van der Waals surface area contributed by atoms with Crippen LogP contribution in [-0.2, 0) is 9.59 Å². The topological polar surface area (TPSA) is 70.2 Å². The maximum absolute atomic E-state index is 11.9. The van der Waals surface area contributed by atoms with Crippen molar-refractivity contribution in [1.82, 2.24) is 16.0 Å². The van der Waals surface area contributed by atoms with Crippen LogP contribution in [-0.4, -0.2) is 37.0 Å². The first-order valence-corrected chi connectivity index (χ1v) is 8.44. The Labute approximate surface area is 127 Å². The highest BCUT2D eigenvalue weighted by Gasteiger charge is 2.22. The van der Waals surface area contributed by atoms with E-state index in [2.05, 4.69) is 22.9 Å². The molecule has 1 saturated heterocycles. The van der Waals surface area contributed by atoms with Crippen LogP contribution < -0.4 is 16.0 Å². The molecule has 120 valence electrons. The molecule has 2 aliphatic rings. The quantitative estimate of drug-likeness (QED) is 0.716. The van der Waals surface area contributed by atoms with E-state index in [4.69, 9.17) is 0 Å². The van der Waals surface area contributed by atoms with Gasteiger partial charge in [-0.15, -0.1) is 0 Å². The number of hydrogen-bond acceptors (Lipinski definition) is 3. The van der Waals surface area contributed by atoms with Crippen LogP contribution in [0.4, 0.5) is 0 Å². The minimum atomic E-state index is -0.0763. The van der Waals surface area contributed by atoms with Gasteiger partial charge in [-0.3, -0.25) is 9.59 Å². The highest BCUT2D eigenvalue weighted by Crippen LogP contribution is 2.25. The SMILES string of the molecule is CC1NCCCC1NC(=O)CNC(=O)CC1CCCCC1. The monoisotopic (exact) mass is 295 g/mol. The zero-order valence-electron chi connectivity index (χ0n) is 13.1. The zero-order chi connectivity index (χ0) is 15.1. The van der Waals surface area contributed by atoms with Crippen molar-refractivity contribution in [3.63, 3.8) is 0 Å². The van der Waals surface area contributed by atoms with E-state index in [1.165, 1.54) is 19.3 Å². The Morgan fingerprint density at radius 1 is 1.05 bits per heavy atom. The fraction of sp³-hybridized carbons (Fsp3) is 0.875. The number of nitrogens with one attached hydrogen (secondary N) is 3. The van der Waals surface area contributed by atoms with Gasteiger partial charge in [0, 0.05) is 18.5 Å². The minimum Gasteiger partial charge on any atom is -0.350 e. The van der Waals surface area contributed by atoms with Gasteiger partial charge in [-0.2, -0.15) is 0 Å². The van der Waals surface area contributed by atoms with Crippen molar-refractivity contribution in [3.8, 4) is 0 Å². The molecule has 0 bridgehead atoms. The fourth-order valence-corrected chi connectivity index (χ4v) is 3.40. The molecule has 2 rings (SSSR count). The van der Waals surface area contributed by atoms with Crippen molar-refractivity contribution in [2.24, 2.45) is 5.92 Å². The lowest BCUT2D eigenvalue weighted by Crippen LogP contribution is -2.53. The smallest absolute Gasteiger partial charge is 0.239 e. The second-order valence-electron chi connectivity index (χ2n) is 6.54. The Kier molecular flexibility index (Phi) is 6.49. The summed E-state index contributed by atoms with van der Waals surface area (Å²) in [6.07, 6.45) is 8.77. The average Bonchev–Trinajstić information content (AvgIpc) is 2.49. The minimum absolute atomic E-state index is 0.0202. The third kappa shape index (κ3) is 5.65. The Morgan fingerprint density at radius 3 is 2.52 bits per heavy atom. The number of amides is 2. The van der Waals surface area contributed by atoms with Gasteiger partial charge in [0.1, 0.15) is 0 Å². The summed E-state index contributed by atoms with van der Waals surface area (Å²) < 4.78 is 0. The maximum Gasteiger partial charge on any atom is 0.239 e. The third-order valence-electron chi connectivity index (χ3n) is 4.75. The molecule has 0 aromatic heterocycles. The molecule has 1 aliphatic carbocycles. The van der Waals surface area contributed by atoms with Crippen LogP contribution >= 0.6 is 0 Å². The number of rotatable bonds is 5. The van der Waals surface area contributed by atoms with E-state index < -0.39 is 0 Å². The van der Waals surface area contributed by atoms with Crippen LogP contribution in [0.5, 0.6) is 0 Å². The van der Waals surface area contributed by atoms with Crippen molar-refractivity contribution in [1.29, 1.82) is 0 Å². The van der Waals surface area contributed by atoms with Crippen LogP contribution in [0.3, 0.4) is 0 Å². The summed E-state index contributed by atoms with van der Waals surface area (Å²) in [4.78, 5) is 23.8. The van der Waals surface area contributed by atoms with Crippen LogP contribution in [0.25, 0.3) is 0 Å². The van der Waals surface area contributed by atoms with Crippen molar-refractivity contribution >= 4 is 11.8 Å². The lowest BCUT2D eigenvalue weighted by atomic mass is 9.87. The van der Waals surface area contributed by atoms with Crippen LogP contribution in [0.1, 0.15) is 58.3 Å². The average molecular weight is 295 g/mol. The van der Waals surface area contributed by atoms with Gasteiger partial charge in [-0.25, -0.2) is 0 Å². The molecule has 2 amide bonds. The Balaban J connectivity index is 1.62. The summed E-state index contributed by atoms with van der Waals surface area (Å²) in [5.41, 5.74) is 0. The van der Waals surface area contributed by atoms with Crippen molar-refractivity contribution < 1.29 is 9.59 Å². The summed E-state index contributed by atoms with van der Waals surface area (Å²) in [5.74, 6) is 0.462. The van der Waals surface area contributed by atoms with E-state index in [0.29, 0.717) is 18.4 Å². The first kappa shape index (κ1) is 16.3. The first-order chi connectivity index (χ1) is 10.1. The predicted molar refractivity (Wildman–Crippen MR) is 82.8 cm³/mol. The highest BCUT2D eigenvalue weighted by atomic mass is 16.2. The lowest BCUT2D eigenvalue weighted by Gasteiger charge is -2.30. The predicted octanol–water partition coefficient (Wildman–Crippen LogP) is 1.33. The highest BCUT2D eigenvalue weighted by molar-refractivity contribution is 5.84. The van der Waals surface area contributed by atoms with Crippen LogP contribution in [0.2, 0.25) is 0 Å². The largest absolute Gasteiger partial charge is 0.350 e. The van der Waals surface area contributed by atoms with Crippen LogP contribution in [0.15, 0.2) is 0 Å². The maximum atomic E-state index is 11.9. The molecule has 5 heteroatoms. The van der Waals surface area contributed by atoms with Gasteiger partial charge in [0.25, 0.3) is 0 Å². The summed E-state index contributed by atoms with van der Waals surface area (Å²) in [5, 5.41) is 9.13. The summed E-state index contributed by atoms with van der Waals surface area (Å²) >= 11 is 0. The summed E-state index contributed by atoms with van der Waals surface area (Å²) in [7, 11) is 0. The summed E-state index contributed by atoms with van der Waals surface area (Å²) in [6.45, 7) is 3.21. The zero-order valence-corrected chi connectivity index (χ0v) is 13.1. The van der Waals surface area contributed by atoms with E-state index in [-0.39, 0.29) is 24.4 Å². The van der Waals surface area contributed by atoms with E-state index in [0.717, 1.165) is 32.2 Å². The van der Waals surface area contributed by atoms with Gasteiger partial charge in [-0.05, 0) is 45.1 Å². The van der Waals surface area contributed by atoms with Crippen molar-refractivity contribution in [2.45, 2.75) is 70.4 Å². The number of carbonyl (C=O) groups excluding carboxylic acids is 2.